The molecule has 1 heterocycles. The normalized spacial score (nSPS) is 13.1. The largest absolute Gasteiger partial charge is 0.497 e. The highest BCUT2D eigenvalue weighted by molar-refractivity contribution is 6.30. The quantitative estimate of drug-likeness (QED) is 0.619. The summed E-state index contributed by atoms with van der Waals surface area (Å²) in [5.74, 6) is 1.60. The number of rotatable bonds is 4. The Hall–Kier alpha value is -2.73. The predicted octanol–water partition coefficient (Wildman–Crippen LogP) is 3.94. The van der Waals surface area contributed by atoms with E-state index in [0.717, 1.165) is 0 Å². The maximum Gasteiger partial charge on any atom is 0.293 e. The van der Waals surface area contributed by atoms with Gasteiger partial charge >= 0.3 is 0 Å². The van der Waals surface area contributed by atoms with Crippen molar-refractivity contribution in [2.24, 2.45) is 0 Å². The molecule has 2 aromatic carbocycles. The van der Waals surface area contributed by atoms with Crippen LogP contribution in [0.3, 0.4) is 0 Å². The summed E-state index contributed by atoms with van der Waals surface area (Å²) in [5, 5.41) is 12.0. The van der Waals surface area contributed by atoms with Crippen molar-refractivity contribution in [1.29, 1.82) is 0 Å². The number of hydrogen-bond donors (Lipinski definition) is 0. The summed E-state index contributed by atoms with van der Waals surface area (Å²) in [5.41, 5.74) is 1.13. The molecule has 7 heteroatoms. The Labute approximate surface area is 143 Å². The van der Waals surface area contributed by atoms with Gasteiger partial charge in [-0.2, -0.15) is 0 Å². The van der Waals surface area contributed by atoms with Crippen LogP contribution in [0.25, 0.3) is 5.76 Å². The molecule has 6 nitrogen and oxygen atoms in total. The van der Waals surface area contributed by atoms with E-state index >= 15 is 0 Å². The number of benzene rings is 2. The Bertz CT molecular complexity index is 847. The first-order chi connectivity index (χ1) is 11.5. The molecule has 0 bridgehead atoms. The molecular formula is C17H14ClNO5. The van der Waals surface area contributed by atoms with Gasteiger partial charge in [0.05, 0.1) is 25.6 Å². The van der Waals surface area contributed by atoms with Crippen LogP contribution in [0.15, 0.2) is 42.1 Å². The summed E-state index contributed by atoms with van der Waals surface area (Å²) < 4.78 is 16.4. The van der Waals surface area contributed by atoms with Crippen LogP contribution >= 0.6 is 11.6 Å². The topological polar surface area (TPSA) is 70.8 Å². The zero-order valence-corrected chi connectivity index (χ0v) is 13.8. The fourth-order valence-electron chi connectivity index (χ4n) is 2.57. The van der Waals surface area contributed by atoms with Crippen molar-refractivity contribution in [3.8, 4) is 17.2 Å². The highest BCUT2D eigenvalue weighted by Gasteiger charge is 2.32. The monoisotopic (exact) mass is 347 g/mol. The number of fused-ring (bicyclic) bond motifs is 1. The number of nitrogens with zero attached hydrogens (tertiary/aromatic N) is 1. The van der Waals surface area contributed by atoms with Gasteiger partial charge < -0.3 is 14.2 Å². The van der Waals surface area contributed by atoms with E-state index in [4.69, 9.17) is 25.8 Å². The zero-order chi connectivity index (χ0) is 17.3. The lowest BCUT2D eigenvalue weighted by molar-refractivity contribution is -0.427. The van der Waals surface area contributed by atoms with Crippen molar-refractivity contribution < 1.29 is 19.1 Å². The summed E-state index contributed by atoms with van der Waals surface area (Å²) in [6.07, 6.45) is 0.0950. The molecule has 1 aliphatic heterocycles. The van der Waals surface area contributed by atoms with E-state index < -0.39 is 4.92 Å². The zero-order valence-electron chi connectivity index (χ0n) is 13.0. The molecule has 0 aliphatic carbocycles. The number of nitro groups is 1. The van der Waals surface area contributed by atoms with Gasteiger partial charge in [-0.3, -0.25) is 10.1 Å². The van der Waals surface area contributed by atoms with E-state index in [1.54, 1.807) is 36.4 Å². The van der Waals surface area contributed by atoms with Crippen LogP contribution in [-0.4, -0.2) is 19.1 Å². The maximum absolute atomic E-state index is 11.5. The molecule has 0 spiro atoms. The minimum absolute atomic E-state index is 0.0416. The van der Waals surface area contributed by atoms with Gasteiger partial charge in [-0.1, -0.05) is 23.7 Å². The Morgan fingerprint density at radius 2 is 2.00 bits per heavy atom. The third-order valence-corrected chi connectivity index (χ3v) is 3.93. The summed E-state index contributed by atoms with van der Waals surface area (Å²) in [4.78, 5) is 11.1. The van der Waals surface area contributed by atoms with Crippen LogP contribution < -0.4 is 14.2 Å². The van der Waals surface area contributed by atoms with Crippen LogP contribution in [0.4, 0.5) is 0 Å². The van der Waals surface area contributed by atoms with Crippen molar-refractivity contribution in [2.75, 3.05) is 14.2 Å². The Morgan fingerprint density at radius 3 is 2.62 bits per heavy atom. The van der Waals surface area contributed by atoms with Crippen LogP contribution in [0.5, 0.6) is 17.2 Å². The van der Waals surface area contributed by atoms with Gasteiger partial charge in [-0.05, 0) is 18.2 Å². The molecule has 24 heavy (non-hydrogen) atoms. The van der Waals surface area contributed by atoms with E-state index in [0.29, 0.717) is 33.4 Å². The summed E-state index contributed by atoms with van der Waals surface area (Å²) in [6.45, 7) is 0. The maximum atomic E-state index is 11.5. The number of allylic oxidation sites excluding steroid dienone is 1. The van der Waals surface area contributed by atoms with Gasteiger partial charge in [0.25, 0.3) is 5.70 Å². The second-order valence-electron chi connectivity index (χ2n) is 5.14. The first-order valence-corrected chi connectivity index (χ1v) is 7.47. The SMILES string of the molecule is COc1cc2c(c(OC)c1)OC(c1cccc(Cl)c1)=C([N+](=O)[O-])C2. The number of methoxy groups -OCH3 is 2. The minimum Gasteiger partial charge on any atom is -0.497 e. The first kappa shape index (κ1) is 16.1. The molecule has 124 valence electrons. The molecule has 0 N–H and O–H groups in total. The van der Waals surface area contributed by atoms with Crippen molar-refractivity contribution in [1.82, 2.24) is 0 Å². The molecule has 2 aromatic rings. The molecule has 1 aliphatic rings. The second kappa shape index (κ2) is 6.41. The molecule has 0 unspecified atom stereocenters. The Morgan fingerprint density at radius 1 is 1.21 bits per heavy atom. The van der Waals surface area contributed by atoms with Crippen LogP contribution in [0, 0.1) is 10.1 Å². The van der Waals surface area contributed by atoms with Crippen molar-refractivity contribution in [3.63, 3.8) is 0 Å². The van der Waals surface area contributed by atoms with Gasteiger partial charge in [0, 0.05) is 22.2 Å². The molecule has 0 saturated carbocycles. The third kappa shape index (κ3) is 2.88. The van der Waals surface area contributed by atoms with E-state index in [1.807, 2.05) is 0 Å². The summed E-state index contributed by atoms with van der Waals surface area (Å²) in [6, 6.07) is 10.1. The minimum atomic E-state index is -0.439. The highest BCUT2D eigenvalue weighted by Crippen LogP contribution is 2.43. The average molecular weight is 348 g/mol. The lowest BCUT2D eigenvalue weighted by atomic mass is 10.0. The van der Waals surface area contributed by atoms with Gasteiger partial charge in [0.1, 0.15) is 5.75 Å². The standard InChI is InChI=1S/C17H14ClNO5/c1-22-13-7-11-8-14(19(20)21)16(10-4-3-5-12(18)6-10)24-17(11)15(9-13)23-2/h3-7,9H,8H2,1-2H3. The molecule has 0 aromatic heterocycles. The number of ether oxygens (including phenoxy) is 3. The van der Waals surface area contributed by atoms with E-state index in [9.17, 15) is 10.1 Å². The summed E-state index contributed by atoms with van der Waals surface area (Å²) >= 11 is 6.00. The summed E-state index contributed by atoms with van der Waals surface area (Å²) in [7, 11) is 3.02. The first-order valence-electron chi connectivity index (χ1n) is 7.09. The van der Waals surface area contributed by atoms with Crippen molar-refractivity contribution in [2.45, 2.75) is 6.42 Å². The van der Waals surface area contributed by atoms with Crippen LogP contribution in [-0.2, 0) is 6.42 Å². The van der Waals surface area contributed by atoms with E-state index in [2.05, 4.69) is 0 Å². The molecular weight excluding hydrogens is 334 g/mol. The smallest absolute Gasteiger partial charge is 0.293 e. The van der Waals surface area contributed by atoms with Crippen molar-refractivity contribution in [3.05, 3.63) is 68.4 Å². The average Bonchev–Trinajstić information content (AvgIpc) is 2.59. The van der Waals surface area contributed by atoms with Gasteiger partial charge in [-0.25, -0.2) is 0 Å². The highest BCUT2D eigenvalue weighted by atomic mass is 35.5. The molecule has 0 atom stereocenters. The molecule has 0 saturated heterocycles. The van der Waals surface area contributed by atoms with Gasteiger partial charge in [-0.15, -0.1) is 0 Å². The molecule has 0 amide bonds. The number of hydrogen-bond acceptors (Lipinski definition) is 5. The fourth-order valence-corrected chi connectivity index (χ4v) is 2.76. The number of halogens is 1. The molecule has 0 radical (unpaired) electrons. The van der Waals surface area contributed by atoms with E-state index in [-0.39, 0.29) is 17.9 Å². The molecule has 0 fully saturated rings. The third-order valence-electron chi connectivity index (χ3n) is 3.69. The van der Waals surface area contributed by atoms with Gasteiger partial charge in [0.15, 0.2) is 11.5 Å². The van der Waals surface area contributed by atoms with Crippen molar-refractivity contribution >= 4 is 17.4 Å². The van der Waals surface area contributed by atoms with Gasteiger partial charge in [0.2, 0.25) is 5.76 Å². The Kier molecular flexibility index (Phi) is 4.31. The Balaban J connectivity index is 2.15. The molecule has 3 rings (SSSR count). The predicted molar refractivity (Wildman–Crippen MR) is 89.2 cm³/mol. The van der Waals surface area contributed by atoms with Crippen LogP contribution in [0.1, 0.15) is 11.1 Å². The fraction of sp³-hybridized carbons (Fsp3) is 0.176. The lowest BCUT2D eigenvalue weighted by Crippen LogP contribution is -2.16. The van der Waals surface area contributed by atoms with E-state index in [1.165, 1.54) is 14.2 Å². The van der Waals surface area contributed by atoms with Crippen LogP contribution in [0.2, 0.25) is 5.02 Å². The second-order valence-corrected chi connectivity index (χ2v) is 5.58. The lowest BCUT2D eigenvalue weighted by Gasteiger charge is -2.22.